The van der Waals surface area contributed by atoms with Gasteiger partial charge in [-0.05, 0) is 49.4 Å². The molecule has 1 aromatic heterocycles. The summed E-state index contributed by atoms with van der Waals surface area (Å²) in [5.41, 5.74) is 1.18. The summed E-state index contributed by atoms with van der Waals surface area (Å²) in [6.07, 6.45) is 0.822. The highest BCUT2D eigenvalue weighted by atomic mass is 32.1. The van der Waals surface area contributed by atoms with Gasteiger partial charge >= 0.3 is 0 Å². The zero-order chi connectivity index (χ0) is 19.5. The van der Waals surface area contributed by atoms with Crippen molar-refractivity contribution in [2.24, 2.45) is 4.99 Å². The molecule has 0 bridgehead atoms. The highest BCUT2D eigenvalue weighted by molar-refractivity contribution is 7.12. The van der Waals surface area contributed by atoms with Gasteiger partial charge < -0.3 is 20.7 Å². The maximum absolute atomic E-state index is 11.8. The van der Waals surface area contributed by atoms with Crippen molar-refractivity contribution in [3.63, 3.8) is 0 Å². The predicted molar refractivity (Wildman–Crippen MR) is 112 cm³/mol. The Hall–Kier alpha value is -2.54. The molecule has 0 aliphatic carbocycles. The normalized spacial score (nSPS) is 12.3. The molecule has 1 heterocycles. The van der Waals surface area contributed by atoms with Gasteiger partial charge in [-0.15, -0.1) is 11.3 Å². The number of benzene rings is 1. The van der Waals surface area contributed by atoms with E-state index >= 15 is 0 Å². The number of nitrogens with zero attached hydrogens (tertiary/aromatic N) is 1. The van der Waals surface area contributed by atoms with E-state index in [0.717, 1.165) is 29.6 Å². The maximum atomic E-state index is 11.8. The molecule has 0 saturated carbocycles. The molecule has 0 radical (unpaired) electrons. The summed E-state index contributed by atoms with van der Waals surface area (Å²) in [5.74, 6) is 1.57. The van der Waals surface area contributed by atoms with Crippen molar-refractivity contribution >= 4 is 23.2 Å². The zero-order valence-electron chi connectivity index (χ0n) is 16.1. The Morgan fingerprint density at radius 3 is 2.70 bits per heavy atom. The largest absolute Gasteiger partial charge is 0.489 e. The molecule has 1 aromatic carbocycles. The summed E-state index contributed by atoms with van der Waals surface area (Å²) < 4.78 is 5.90. The van der Waals surface area contributed by atoms with E-state index in [1.54, 1.807) is 7.05 Å². The molecule has 146 valence electrons. The lowest BCUT2D eigenvalue weighted by atomic mass is 10.2. The molecule has 1 amide bonds. The minimum Gasteiger partial charge on any atom is -0.489 e. The third-order valence-corrected chi connectivity index (χ3v) is 4.65. The van der Waals surface area contributed by atoms with Crippen LogP contribution in [0.15, 0.2) is 46.8 Å². The molecule has 2 rings (SSSR count). The molecule has 1 unspecified atom stereocenters. The average Bonchev–Trinajstić information content (AvgIpc) is 3.18. The molecule has 6 nitrogen and oxygen atoms in total. The summed E-state index contributed by atoms with van der Waals surface area (Å²) in [6, 6.07) is 11.7. The second-order valence-electron chi connectivity index (χ2n) is 6.21. The second kappa shape index (κ2) is 11.2. The number of aryl methyl sites for hydroxylation is 1. The SMILES string of the molecule is CN=C(NCCCNC(=O)c1cccs1)NCC(C)Oc1cccc(C)c1. The molecule has 3 N–H and O–H groups in total. The minimum atomic E-state index is -0.0189. The van der Waals surface area contributed by atoms with Crippen molar-refractivity contribution in [3.8, 4) is 5.75 Å². The fourth-order valence-electron chi connectivity index (χ4n) is 2.42. The highest BCUT2D eigenvalue weighted by Crippen LogP contribution is 2.13. The van der Waals surface area contributed by atoms with Gasteiger partial charge in [0, 0.05) is 20.1 Å². The Bertz CT molecular complexity index is 731. The Labute approximate surface area is 165 Å². The molecule has 0 aliphatic rings. The van der Waals surface area contributed by atoms with Crippen LogP contribution in [0.4, 0.5) is 0 Å². The monoisotopic (exact) mass is 388 g/mol. The summed E-state index contributed by atoms with van der Waals surface area (Å²) in [5, 5.41) is 11.3. The number of aliphatic imine (C=N–C) groups is 1. The van der Waals surface area contributed by atoms with Crippen LogP contribution in [-0.2, 0) is 0 Å². The van der Waals surface area contributed by atoms with Gasteiger partial charge in [0.05, 0.1) is 11.4 Å². The van der Waals surface area contributed by atoms with Crippen LogP contribution in [0, 0.1) is 6.92 Å². The summed E-state index contributed by atoms with van der Waals surface area (Å²) >= 11 is 1.45. The van der Waals surface area contributed by atoms with Crippen LogP contribution >= 0.6 is 11.3 Å². The van der Waals surface area contributed by atoms with Gasteiger partial charge in [-0.25, -0.2) is 0 Å². The highest BCUT2D eigenvalue weighted by Gasteiger charge is 2.07. The summed E-state index contributed by atoms with van der Waals surface area (Å²) in [4.78, 5) is 16.8. The first kappa shape index (κ1) is 20.8. The first-order valence-corrected chi connectivity index (χ1v) is 9.96. The molecular weight excluding hydrogens is 360 g/mol. The van der Waals surface area contributed by atoms with E-state index in [4.69, 9.17) is 4.74 Å². The summed E-state index contributed by atoms with van der Waals surface area (Å²) in [7, 11) is 1.74. The number of rotatable bonds is 9. The molecule has 0 aliphatic heterocycles. The van der Waals surface area contributed by atoms with Crippen LogP contribution in [0.1, 0.15) is 28.6 Å². The van der Waals surface area contributed by atoms with Gasteiger partial charge in [0.25, 0.3) is 5.91 Å². The van der Waals surface area contributed by atoms with Crippen molar-refractivity contribution in [1.29, 1.82) is 0 Å². The number of thiophene rings is 1. The van der Waals surface area contributed by atoms with Crippen LogP contribution in [0.3, 0.4) is 0 Å². The zero-order valence-corrected chi connectivity index (χ0v) is 16.9. The number of hydrogen-bond acceptors (Lipinski definition) is 4. The quantitative estimate of drug-likeness (QED) is 0.351. The molecule has 0 spiro atoms. The van der Waals surface area contributed by atoms with Crippen LogP contribution in [0.25, 0.3) is 0 Å². The van der Waals surface area contributed by atoms with E-state index in [1.165, 1.54) is 16.9 Å². The number of nitrogens with one attached hydrogen (secondary N) is 3. The van der Waals surface area contributed by atoms with E-state index in [9.17, 15) is 4.79 Å². The Morgan fingerprint density at radius 1 is 1.19 bits per heavy atom. The fourth-order valence-corrected chi connectivity index (χ4v) is 3.06. The number of hydrogen-bond donors (Lipinski definition) is 3. The molecule has 1 atom stereocenters. The smallest absolute Gasteiger partial charge is 0.261 e. The lowest BCUT2D eigenvalue weighted by molar-refractivity contribution is 0.0957. The minimum absolute atomic E-state index is 0.00966. The van der Waals surface area contributed by atoms with Gasteiger partial charge in [-0.1, -0.05) is 18.2 Å². The van der Waals surface area contributed by atoms with Gasteiger partial charge in [-0.3, -0.25) is 9.79 Å². The van der Waals surface area contributed by atoms with Gasteiger partial charge in [0.1, 0.15) is 11.9 Å². The van der Waals surface area contributed by atoms with Crippen LogP contribution < -0.4 is 20.7 Å². The van der Waals surface area contributed by atoms with E-state index < -0.39 is 0 Å². The van der Waals surface area contributed by atoms with E-state index in [2.05, 4.69) is 20.9 Å². The molecule has 7 heteroatoms. The lowest BCUT2D eigenvalue weighted by Gasteiger charge is -2.18. The Morgan fingerprint density at radius 2 is 2.00 bits per heavy atom. The van der Waals surface area contributed by atoms with Crippen LogP contribution in [0.5, 0.6) is 5.75 Å². The third kappa shape index (κ3) is 7.70. The second-order valence-corrected chi connectivity index (χ2v) is 7.16. The number of carbonyl (C=O) groups is 1. The standard InChI is InChI=1S/C20H28N4O2S/c1-15-7-4-8-17(13-15)26-16(2)14-24-20(21-3)23-11-6-10-22-19(25)18-9-5-12-27-18/h4-5,7-9,12-13,16H,6,10-11,14H2,1-3H3,(H,22,25)(H2,21,23,24). The van der Waals surface area contributed by atoms with Crippen molar-refractivity contribution in [2.45, 2.75) is 26.4 Å². The summed E-state index contributed by atoms with van der Waals surface area (Å²) in [6.45, 7) is 6.04. The van der Waals surface area contributed by atoms with Crippen molar-refractivity contribution in [3.05, 3.63) is 52.2 Å². The maximum Gasteiger partial charge on any atom is 0.261 e. The number of carbonyl (C=O) groups excluding carboxylic acids is 1. The Balaban J connectivity index is 1.60. The Kier molecular flexibility index (Phi) is 8.64. The van der Waals surface area contributed by atoms with Gasteiger partial charge in [0.15, 0.2) is 5.96 Å². The van der Waals surface area contributed by atoms with Crippen LogP contribution in [0.2, 0.25) is 0 Å². The molecular formula is C20H28N4O2S. The van der Waals surface area contributed by atoms with Crippen molar-refractivity contribution in [1.82, 2.24) is 16.0 Å². The average molecular weight is 389 g/mol. The molecule has 0 saturated heterocycles. The first-order chi connectivity index (χ1) is 13.1. The third-order valence-electron chi connectivity index (χ3n) is 3.78. The fraction of sp³-hybridized carbons (Fsp3) is 0.400. The van der Waals surface area contributed by atoms with E-state index in [0.29, 0.717) is 13.1 Å². The van der Waals surface area contributed by atoms with Gasteiger partial charge in [0.2, 0.25) is 0 Å². The molecule has 27 heavy (non-hydrogen) atoms. The number of amides is 1. The number of ether oxygens (including phenoxy) is 1. The topological polar surface area (TPSA) is 74.8 Å². The van der Waals surface area contributed by atoms with E-state index in [1.807, 2.05) is 55.6 Å². The van der Waals surface area contributed by atoms with E-state index in [-0.39, 0.29) is 12.0 Å². The van der Waals surface area contributed by atoms with Crippen molar-refractivity contribution in [2.75, 3.05) is 26.7 Å². The van der Waals surface area contributed by atoms with Crippen molar-refractivity contribution < 1.29 is 9.53 Å². The van der Waals surface area contributed by atoms with Crippen LogP contribution in [-0.4, -0.2) is 44.7 Å². The lowest BCUT2D eigenvalue weighted by Crippen LogP contribution is -2.42. The number of guanidine groups is 1. The van der Waals surface area contributed by atoms with Gasteiger partial charge in [-0.2, -0.15) is 0 Å². The predicted octanol–water partition coefficient (Wildman–Crippen LogP) is 2.81. The molecule has 2 aromatic rings. The molecule has 0 fully saturated rings. The first-order valence-electron chi connectivity index (χ1n) is 9.08.